The lowest BCUT2D eigenvalue weighted by atomic mass is 10.2. The Morgan fingerprint density at radius 3 is 2.61 bits per heavy atom. The van der Waals surface area contributed by atoms with E-state index in [2.05, 4.69) is 27.0 Å². The van der Waals surface area contributed by atoms with Crippen LogP contribution in [0, 0.1) is 0 Å². The van der Waals surface area contributed by atoms with Crippen LogP contribution in [-0.2, 0) is 6.54 Å². The number of amides is 1. The predicted octanol–water partition coefficient (Wildman–Crippen LogP) is 2.86. The van der Waals surface area contributed by atoms with E-state index in [0.29, 0.717) is 23.1 Å². The van der Waals surface area contributed by atoms with Gasteiger partial charge in [0.15, 0.2) is 5.69 Å². The summed E-state index contributed by atoms with van der Waals surface area (Å²) in [6.07, 6.45) is 2.99. The molecule has 1 aromatic carbocycles. The summed E-state index contributed by atoms with van der Waals surface area (Å²) in [5.41, 5.74) is 0.909. The molecule has 1 saturated heterocycles. The molecule has 1 aliphatic rings. The van der Waals surface area contributed by atoms with Gasteiger partial charge in [0.25, 0.3) is 5.91 Å². The average molecular weight is 407 g/mol. The van der Waals surface area contributed by atoms with Crippen molar-refractivity contribution in [3.63, 3.8) is 0 Å². The Morgan fingerprint density at radius 2 is 1.93 bits per heavy atom. The molecule has 0 saturated carbocycles. The number of oxazole rings is 1. The van der Waals surface area contributed by atoms with Crippen LogP contribution < -0.4 is 5.32 Å². The van der Waals surface area contributed by atoms with Crippen LogP contribution in [0.25, 0.3) is 0 Å². The largest absolute Gasteiger partial charge is 0.447 e. The fourth-order valence-corrected chi connectivity index (χ4v) is 3.39. The number of hydrogen-bond acceptors (Lipinski definition) is 6. The molecule has 1 fully saturated rings. The van der Waals surface area contributed by atoms with Gasteiger partial charge in [-0.2, -0.15) is 0 Å². The summed E-state index contributed by atoms with van der Waals surface area (Å²) >= 11 is 5.85. The molecule has 1 atom stereocenters. The third-order valence-electron chi connectivity index (χ3n) is 4.80. The number of anilines is 1. The van der Waals surface area contributed by atoms with E-state index in [1.807, 2.05) is 0 Å². The molecule has 3 rings (SSSR count). The number of carbonyl (C=O) groups excluding carboxylic acids is 1. The third-order valence-corrected chi connectivity index (χ3v) is 5.05. The van der Waals surface area contributed by atoms with Gasteiger partial charge < -0.3 is 14.8 Å². The number of nitrogens with zero attached hydrogens (tertiary/aromatic N) is 3. The fraction of sp³-hybridized carbons (Fsp3) is 0.500. The molecule has 8 heteroatoms. The highest BCUT2D eigenvalue weighted by atomic mass is 35.5. The number of β-amino-alcohol motifs (C(OH)–C–C–N with tert-alkyl or cyclic N) is 1. The Morgan fingerprint density at radius 1 is 1.25 bits per heavy atom. The lowest BCUT2D eigenvalue weighted by Gasteiger charge is -2.34. The maximum atomic E-state index is 12.3. The van der Waals surface area contributed by atoms with Gasteiger partial charge >= 0.3 is 0 Å². The van der Waals surface area contributed by atoms with Crippen LogP contribution in [0.15, 0.2) is 34.9 Å². The van der Waals surface area contributed by atoms with E-state index in [4.69, 9.17) is 16.0 Å². The van der Waals surface area contributed by atoms with E-state index >= 15 is 0 Å². The number of carbonyl (C=O) groups is 1. The highest BCUT2D eigenvalue weighted by Crippen LogP contribution is 2.15. The molecule has 0 aliphatic carbocycles. The van der Waals surface area contributed by atoms with E-state index in [-0.39, 0.29) is 17.7 Å². The second-order valence-corrected chi connectivity index (χ2v) is 7.54. The molecule has 0 spiro atoms. The van der Waals surface area contributed by atoms with Crippen LogP contribution in [-0.4, -0.2) is 64.6 Å². The molecule has 0 unspecified atom stereocenters. The Hall–Kier alpha value is -1.93. The molecule has 7 nitrogen and oxygen atoms in total. The average Bonchev–Trinajstić information content (AvgIpc) is 3.14. The zero-order chi connectivity index (χ0) is 19.9. The number of aromatic nitrogens is 1. The van der Waals surface area contributed by atoms with Gasteiger partial charge in [-0.3, -0.25) is 14.6 Å². The van der Waals surface area contributed by atoms with Crippen molar-refractivity contribution in [2.45, 2.75) is 32.4 Å². The Kier molecular flexibility index (Phi) is 7.44. The minimum atomic E-state index is -0.313. The Bertz CT molecular complexity index is 757. The highest BCUT2D eigenvalue weighted by molar-refractivity contribution is 6.30. The SMILES string of the molecule is CCC[C@@H](O)CN1CCN(Cc2nc(C(=O)Nc3ccc(Cl)cc3)co2)CC1. The van der Waals surface area contributed by atoms with Crippen LogP contribution in [0.1, 0.15) is 36.1 Å². The van der Waals surface area contributed by atoms with E-state index in [0.717, 1.165) is 45.6 Å². The van der Waals surface area contributed by atoms with Gasteiger partial charge in [0.2, 0.25) is 5.89 Å². The molecule has 28 heavy (non-hydrogen) atoms. The molecule has 2 N–H and O–H groups in total. The molecule has 0 radical (unpaired) electrons. The number of benzene rings is 1. The molecular formula is C20H27ClN4O3. The van der Waals surface area contributed by atoms with Crippen molar-refractivity contribution in [1.82, 2.24) is 14.8 Å². The van der Waals surface area contributed by atoms with Crippen LogP contribution in [0.2, 0.25) is 5.02 Å². The first-order valence-electron chi connectivity index (χ1n) is 9.67. The summed E-state index contributed by atoms with van der Waals surface area (Å²) in [7, 11) is 0. The fourth-order valence-electron chi connectivity index (χ4n) is 3.26. The first-order valence-corrected chi connectivity index (χ1v) is 10.1. The van der Waals surface area contributed by atoms with Crippen LogP contribution in [0.5, 0.6) is 0 Å². The quantitative estimate of drug-likeness (QED) is 0.701. The van der Waals surface area contributed by atoms with Crippen molar-refractivity contribution >= 4 is 23.2 Å². The number of aliphatic hydroxyl groups is 1. The third kappa shape index (κ3) is 6.04. The van der Waals surface area contributed by atoms with Crippen molar-refractivity contribution in [3.8, 4) is 0 Å². The lowest BCUT2D eigenvalue weighted by molar-refractivity contribution is 0.0634. The summed E-state index contributed by atoms with van der Waals surface area (Å²) < 4.78 is 5.48. The van der Waals surface area contributed by atoms with Gasteiger partial charge in [0.1, 0.15) is 6.26 Å². The number of nitrogens with one attached hydrogen (secondary N) is 1. The number of aliphatic hydroxyl groups excluding tert-OH is 1. The van der Waals surface area contributed by atoms with Crippen molar-refractivity contribution in [3.05, 3.63) is 47.1 Å². The van der Waals surface area contributed by atoms with E-state index in [9.17, 15) is 9.90 Å². The van der Waals surface area contributed by atoms with Gasteiger partial charge in [-0.25, -0.2) is 4.98 Å². The maximum absolute atomic E-state index is 12.3. The smallest absolute Gasteiger partial charge is 0.277 e. The topological polar surface area (TPSA) is 81.8 Å². The molecule has 152 valence electrons. The minimum absolute atomic E-state index is 0.245. The standard InChI is InChI=1S/C20H27ClN4O3/c1-2-3-17(26)12-24-8-10-25(11-9-24)13-19-23-18(14-28-19)20(27)22-16-6-4-15(21)5-7-16/h4-7,14,17,26H,2-3,8-13H2,1H3,(H,22,27)/t17-/m1/s1. The molecule has 1 amide bonds. The Labute approximate surface area is 170 Å². The number of hydrogen-bond donors (Lipinski definition) is 2. The summed E-state index contributed by atoms with van der Waals surface area (Å²) in [6, 6.07) is 6.90. The molecule has 0 bridgehead atoms. The van der Waals surface area contributed by atoms with Crippen LogP contribution in [0.4, 0.5) is 5.69 Å². The van der Waals surface area contributed by atoms with Crippen molar-refractivity contribution in [1.29, 1.82) is 0 Å². The predicted molar refractivity (Wildman–Crippen MR) is 109 cm³/mol. The highest BCUT2D eigenvalue weighted by Gasteiger charge is 2.21. The zero-order valence-corrected chi connectivity index (χ0v) is 16.9. The number of halogens is 1. The van der Waals surface area contributed by atoms with Crippen LogP contribution >= 0.6 is 11.6 Å². The van der Waals surface area contributed by atoms with Crippen molar-refractivity contribution in [2.24, 2.45) is 0 Å². The summed E-state index contributed by atoms with van der Waals surface area (Å²) in [5, 5.41) is 13.3. The summed E-state index contributed by atoms with van der Waals surface area (Å²) in [6.45, 7) is 6.97. The molecule has 1 aromatic heterocycles. The second kappa shape index (κ2) is 10.0. The van der Waals surface area contributed by atoms with Crippen molar-refractivity contribution < 1.29 is 14.3 Å². The normalized spacial score (nSPS) is 16.8. The maximum Gasteiger partial charge on any atom is 0.277 e. The first-order chi connectivity index (χ1) is 13.5. The monoisotopic (exact) mass is 406 g/mol. The number of piperazine rings is 1. The van der Waals surface area contributed by atoms with Gasteiger partial charge in [-0.15, -0.1) is 0 Å². The molecular weight excluding hydrogens is 380 g/mol. The molecule has 1 aliphatic heterocycles. The minimum Gasteiger partial charge on any atom is -0.447 e. The molecule has 2 aromatic rings. The molecule has 2 heterocycles. The van der Waals surface area contributed by atoms with Gasteiger partial charge in [0.05, 0.1) is 12.6 Å². The van der Waals surface area contributed by atoms with E-state index in [1.165, 1.54) is 6.26 Å². The van der Waals surface area contributed by atoms with Crippen LogP contribution in [0.3, 0.4) is 0 Å². The zero-order valence-electron chi connectivity index (χ0n) is 16.1. The lowest BCUT2D eigenvalue weighted by Crippen LogP contribution is -2.48. The first kappa shape index (κ1) is 20.8. The number of rotatable bonds is 8. The van der Waals surface area contributed by atoms with Crippen molar-refractivity contribution in [2.75, 3.05) is 38.0 Å². The van der Waals surface area contributed by atoms with Gasteiger partial charge in [-0.1, -0.05) is 24.9 Å². The Balaban J connectivity index is 1.46. The van der Waals surface area contributed by atoms with E-state index < -0.39 is 0 Å². The van der Waals surface area contributed by atoms with Gasteiger partial charge in [0, 0.05) is 43.4 Å². The second-order valence-electron chi connectivity index (χ2n) is 7.11. The summed E-state index contributed by atoms with van der Waals surface area (Å²) in [5.74, 6) is 0.216. The van der Waals surface area contributed by atoms with E-state index in [1.54, 1.807) is 24.3 Å². The summed E-state index contributed by atoms with van der Waals surface area (Å²) in [4.78, 5) is 21.1. The van der Waals surface area contributed by atoms with Gasteiger partial charge in [-0.05, 0) is 30.7 Å².